The molecule has 1 aromatic heterocycles. The first-order valence-electron chi connectivity index (χ1n) is 10.3. The maximum atomic E-state index is 13.5. The monoisotopic (exact) mass is 460 g/mol. The molecule has 1 heterocycles. The van der Waals surface area contributed by atoms with Crippen molar-refractivity contribution in [2.45, 2.75) is 27.2 Å². The van der Waals surface area contributed by atoms with Crippen molar-refractivity contribution in [3.63, 3.8) is 0 Å². The number of aromatic nitrogens is 1. The molecule has 31 heavy (non-hydrogen) atoms. The minimum absolute atomic E-state index is 0.0365. The second kappa shape index (κ2) is 10.2. The molecule has 0 saturated heterocycles. The molecule has 9 heteroatoms. The normalized spacial score (nSPS) is 11.3. The molecule has 0 bridgehead atoms. The number of halogens is 1. The number of nitrogens with zero attached hydrogens (tertiary/aromatic N) is 4. The molecule has 164 valence electrons. The van der Waals surface area contributed by atoms with Gasteiger partial charge < -0.3 is 4.90 Å². The van der Waals surface area contributed by atoms with Crippen molar-refractivity contribution >= 4 is 49.9 Å². The van der Waals surface area contributed by atoms with E-state index in [1.165, 1.54) is 40.0 Å². The Hall–Kier alpha value is -2.55. The van der Waals surface area contributed by atoms with Gasteiger partial charge in [-0.15, -0.1) is 0 Å². The minimum Gasteiger partial charge on any atom is -0.302 e. The van der Waals surface area contributed by atoms with Crippen LogP contribution in [0.5, 0.6) is 0 Å². The van der Waals surface area contributed by atoms with Crippen molar-refractivity contribution in [1.29, 1.82) is 0 Å². The van der Waals surface area contributed by atoms with Gasteiger partial charge in [-0.2, -0.15) is 0 Å². The lowest BCUT2D eigenvalue weighted by Gasteiger charge is -2.24. The number of amides is 1. The molecular weight excluding hydrogens is 436 g/mol. The summed E-state index contributed by atoms with van der Waals surface area (Å²) >= 11 is 7.49. The van der Waals surface area contributed by atoms with E-state index in [4.69, 9.17) is 11.6 Å². The number of nitro groups is 1. The fourth-order valence-electron chi connectivity index (χ4n) is 3.34. The zero-order valence-electron chi connectivity index (χ0n) is 17.8. The van der Waals surface area contributed by atoms with E-state index >= 15 is 0 Å². The van der Waals surface area contributed by atoms with E-state index in [0.29, 0.717) is 18.2 Å². The number of anilines is 1. The Morgan fingerprint density at radius 2 is 1.87 bits per heavy atom. The number of carbonyl (C=O) groups excluding carboxylic acids is 1. The lowest BCUT2D eigenvalue weighted by Crippen LogP contribution is -2.39. The average molecular weight is 461 g/mol. The van der Waals surface area contributed by atoms with Crippen LogP contribution in [0.2, 0.25) is 5.02 Å². The van der Waals surface area contributed by atoms with Crippen LogP contribution in [0.1, 0.15) is 36.7 Å². The molecule has 0 N–H and O–H groups in total. The van der Waals surface area contributed by atoms with Crippen LogP contribution in [0.4, 0.5) is 10.8 Å². The quantitative estimate of drug-likeness (QED) is 0.315. The van der Waals surface area contributed by atoms with Gasteiger partial charge in [0, 0.05) is 24.2 Å². The second-order valence-electron chi connectivity index (χ2n) is 7.05. The van der Waals surface area contributed by atoms with Crippen molar-refractivity contribution in [3.8, 4) is 0 Å². The Morgan fingerprint density at radius 1 is 1.13 bits per heavy atom. The topological polar surface area (TPSA) is 79.6 Å². The van der Waals surface area contributed by atoms with Gasteiger partial charge in [0.1, 0.15) is 5.56 Å². The molecule has 3 aromatic rings. The first-order valence-corrected chi connectivity index (χ1v) is 11.4. The number of benzene rings is 2. The van der Waals surface area contributed by atoms with Crippen LogP contribution < -0.4 is 4.90 Å². The van der Waals surface area contributed by atoms with E-state index in [1.54, 1.807) is 0 Å². The fourth-order valence-corrected chi connectivity index (χ4v) is 4.57. The third-order valence-electron chi connectivity index (χ3n) is 5.25. The Labute approximate surface area is 190 Å². The molecule has 0 aliphatic heterocycles. The highest BCUT2D eigenvalue weighted by molar-refractivity contribution is 7.22. The predicted octanol–water partition coefficient (Wildman–Crippen LogP) is 5.41. The second-order valence-corrected chi connectivity index (χ2v) is 8.50. The first-order chi connectivity index (χ1) is 14.9. The molecule has 2 aromatic carbocycles. The van der Waals surface area contributed by atoms with E-state index in [9.17, 15) is 14.9 Å². The van der Waals surface area contributed by atoms with Crippen molar-refractivity contribution < 1.29 is 9.72 Å². The summed E-state index contributed by atoms with van der Waals surface area (Å²) in [4.78, 5) is 32.9. The molecular formula is C22H25ClN4O3S. The third kappa shape index (κ3) is 5.20. The number of carbonyl (C=O) groups is 1. The van der Waals surface area contributed by atoms with Crippen LogP contribution in [0.3, 0.4) is 0 Å². The highest BCUT2D eigenvalue weighted by Gasteiger charge is 2.28. The zero-order valence-corrected chi connectivity index (χ0v) is 19.4. The van der Waals surface area contributed by atoms with Gasteiger partial charge in [-0.05, 0) is 49.3 Å². The molecule has 1 amide bonds. The number of nitro benzene ring substituents is 1. The van der Waals surface area contributed by atoms with E-state index in [0.717, 1.165) is 29.7 Å². The number of hydrogen-bond acceptors (Lipinski definition) is 6. The van der Waals surface area contributed by atoms with Crippen LogP contribution in [0, 0.1) is 10.1 Å². The molecule has 0 unspecified atom stereocenters. The minimum atomic E-state index is -0.558. The largest absolute Gasteiger partial charge is 0.302 e. The van der Waals surface area contributed by atoms with E-state index in [1.807, 2.05) is 12.1 Å². The molecule has 0 saturated carbocycles. The van der Waals surface area contributed by atoms with Gasteiger partial charge in [0.05, 0.1) is 15.1 Å². The molecule has 3 rings (SSSR count). The van der Waals surface area contributed by atoms with Gasteiger partial charge in [0.2, 0.25) is 0 Å². The smallest absolute Gasteiger partial charge is 0.282 e. The van der Waals surface area contributed by atoms with Gasteiger partial charge in [0.15, 0.2) is 5.13 Å². The molecule has 0 radical (unpaired) electrons. The highest BCUT2D eigenvalue weighted by atomic mass is 35.5. The van der Waals surface area contributed by atoms with Gasteiger partial charge in [0.25, 0.3) is 11.6 Å². The standard InChI is InChI=1S/C22H25ClN4O3S/c1-4-15-7-9-18-20(13-15)31-22(24-18)26(12-11-25(5-2)6-3)21(28)17-14-16(23)8-10-19(17)27(29)30/h7-10,13-14H,4-6,11-12H2,1-3H3. The first kappa shape index (κ1) is 23.1. The summed E-state index contributed by atoms with van der Waals surface area (Å²) in [5.74, 6) is -0.476. The van der Waals surface area contributed by atoms with E-state index in [-0.39, 0.29) is 16.3 Å². The lowest BCUT2D eigenvalue weighted by molar-refractivity contribution is -0.385. The van der Waals surface area contributed by atoms with Crippen molar-refractivity contribution in [2.75, 3.05) is 31.1 Å². The number of rotatable bonds is 9. The number of thiazole rings is 1. The van der Waals surface area contributed by atoms with Gasteiger partial charge in [-0.3, -0.25) is 19.8 Å². The molecule has 0 spiro atoms. The number of aryl methyl sites for hydroxylation is 1. The van der Waals surface area contributed by atoms with Gasteiger partial charge in [-0.1, -0.05) is 49.8 Å². The van der Waals surface area contributed by atoms with Crippen molar-refractivity contribution in [3.05, 3.63) is 62.7 Å². The maximum Gasteiger partial charge on any atom is 0.282 e. The number of fused-ring (bicyclic) bond motifs is 1. The average Bonchev–Trinajstić information content (AvgIpc) is 3.18. The van der Waals surface area contributed by atoms with Crippen LogP contribution in [0.25, 0.3) is 10.2 Å². The van der Waals surface area contributed by atoms with Crippen molar-refractivity contribution in [1.82, 2.24) is 9.88 Å². The maximum absolute atomic E-state index is 13.5. The van der Waals surface area contributed by atoms with E-state index < -0.39 is 10.8 Å². The van der Waals surface area contributed by atoms with Crippen LogP contribution in [-0.2, 0) is 6.42 Å². The van der Waals surface area contributed by atoms with E-state index in [2.05, 4.69) is 36.7 Å². The summed E-state index contributed by atoms with van der Waals surface area (Å²) in [6.07, 6.45) is 0.905. The zero-order chi connectivity index (χ0) is 22.5. The summed E-state index contributed by atoms with van der Waals surface area (Å²) in [7, 11) is 0. The SMILES string of the molecule is CCc1ccc2nc(N(CCN(CC)CC)C(=O)c3cc(Cl)ccc3[N+](=O)[O-])sc2c1. The Kier molecular flexibility index (Phi) is 7.59. The Morgan fingerprint density at radius 3 is 2.52 bits per heavy atom. The summed E-state index contributed by atoms with van der Waals surface area (Å²) in [6.45, 7) is 8.88. The third-order valence-corrected chi connectivity index (χ3v) is 6.52. The van der Waals surface area contributed by atoms with Crippen LogP contribution >= 0.6 is 22.9 Å². The van der Waals surface area contributed by atoms with Crippen LogP contribution in [0.15, 0.2) is 36.4 Å². The molecule has 0 aliphatic rings. The summed E-state index contributed by atoms with van der Waals surface area (Å²) < 4.78 is 0.982. The molecule has 0 aliphatic carbocycles. The fraction of sp³-hybridized carbons (Fsp3) is 0.364. The van der Waals surface area contributed by atoms with Gasteiger partial charge in [-0.25, -0.2) is 4.98 Å². The summed E-state index contributed by atoms with van der Waals surface area (Å²) in [5.41, 5.74) is 1.69. The molecule has 0 fully saturated rings. The number of likely N-dealkylation sites (N-methyl/N-ethyl adjacent to an activating group) is 1. The highest BCUT2D eigenvalue weighted by Crippen LogP contribution is 2.32. The van der Waals surface area contributed by atoms with Crippen molar-refractivity contribution in [2.24, 2.45) is 0 Å². The Bertz CT molecular complexity index is 1100. The lowest BCUT2D eigenvalue weighted by atomic mass is 10.1. The van der Waals surface area contributed by atoms with Gasteiger partial charge >= 0.3 is 0 Å². The predicted molar refractivity (Wildman–Crippen MR) is 127 cm³/mol. The summed E-state index contributed by atoms with van der Waals surface area (Å²) in [6, 6.07) is 10.1. The Balaban J connectivity index is 2.05. The summed E-state index contributed by atoms with van der Waals surface area (Å²) in [5, 5.41) is 12.3. The number of hydrogen-bond donors (Lipinski definition) is 0. The van der Waals surface area contributed by atoms with Crippen LogP contribution in [-0.4, -0.2) is 46.9 Å². The molecule has 0 atom stereocenters. The molecule has 7 nitrogen and oxygen atoms in total.